The first-order chi connectivity index (χ1) is 26.0. The van der Waals surface area contributed by atoms with Crippen LogP contribution in [0.15, 0.2) is 174 Å². The van der Waals surface area contributed by atoms with E-state index < -0.39 is 10.0 Å². The highest BCUT2D eigenvalue weighted by Crippen LogP contribution is 2.51. The topological polar surface area (TPSA) is 6.48 Å². The number of hydrogen-bond acceptors (Lipinski definition) is 2. The third-order valence-corrected chi connectivity index (χ3v) is 14.6. The van der Waals surface area contributed by atoms with Crippen LogP contribution in [0.2, 0.25) is 0 Å². The quantitative estimate of drug-likeness (QED) is 0.165. The summed E-state index contributed by atoms with van der Waals surface area (Å²) < 4.78 is 0. The molecule has 0 radical (unpaired) electrons. The molecule has 0 spiro atoms. The maximum absolute atomic E-state index is 2.57. The summed E-state index contributed by atoms with van der Waals surface area (Å²) in [6.45, 7) is 2.37. The van der Waals surface area contributed by atoms with Gasteiger partial charge < -0.3 is 9.80 Å². The Morgan fingerprint density at radius 3 is 1.98 bits per heavy atom. The Bertz CT molecular complexity index is 2720. The highest BCUT2D eigenvalue weighted by molar-refractivity contribution is 8.32. The summed E-state index contributed by atoms with van der Waals surface area (Å²) in [5.41, 5.74) is 13.9. The number of anilines is 5. The molecule has 2 nitrogen and oxygen atoms in total. The minimum atomic E-state index is -0.841. The molecule has 0 unspecified atom stereocenters. The van der Waals surface area contributed by atoms with Crippen LogP contribution in [0.25, 0.3) is 33.7 Å². The molecule has 0 saturated heterocycles. The zero-order valence-corrected chi connectivity index (χ0v) is 31.3. The Hall–Kier alpha value is -5.71. The van der Waals surface area contributed by atoms with Gasteiger partial charge in [0.15, 0.2) is 0 Å². The van der Waals surface area contributed by atoms with Crippen LogP contribution in [0, 0.1) is 0 Å². The number of rotatable bonds is 5. The van der Waals surface area contributed by atoms with Crippen molar-refractivity contribution in [1.29, 1.82) is 0 Å². The van der Waals surface area contributed by atoms with Crippen LogP contribution in [-0.2, 0) is 0 Å². The smallest absolute Gasteiger partial charge is 0.251 e. The van der Waals surface area contributed by atoms with Crippen molar-refractivity contribution < 1.29 is 0 Å². The van der Waals surface area contributed by atoms with Crippen LogP contribution < -0.4 is 31.2 Å². The number of benzene rings is 7. The van der Waals surface area contributed by atoms with Crippen LogP contribution in [0.5, 0.6) is 0 Å². The summed E-state index contributed by atoms with van der Waals surface area (Å²) in [4.78, 5) is 6.58. The van der Waals surface area contributed by atoms with Gasteiger partial charge in [-0.25, -0.2) is 10.0 Å². The molecule has 0 aromatic heterocycles. The van der Waals surface area contributed by atoms with Crippen molar-refractivity contribution in [3.63, 3.8) is 0 Å². The third-order valence-electron chi connectivity index (χ3n) is 11.6. The Labute approximate surface area is 314 Å². The van der Waals surface area contributed by atoms with E-state index in [2.05, 4.69) is 199 Å². The van der Waals surface area contributed by atoms with Gasteiger partial charge in [0.1, 0.15) is 0 Å². The van der Waals surface area contributed by atoms with Gasteiger partial charge in [0.25, 0.3) is 6.71 Å². The molecule has 0 saturated carbocycles. The number of hydrogen-bond donors (Lipinski definition) is 0. The summed E-state index contributed by atoms with van der Waals surface area (Å²) in [6.07, 6.45) is 10.6. The van der Waals surface area contributed by atoms with Gasteiger partial charge in [-0.3, -0.25) is 0 Å². The molecule has 0 amide bonds. The van der Waals surface area contributed by atoms with Gasteiger partial charge in [-0.1, -0.05) is 128 Å². The molecule has 0 fully saturated rings. The second kappa shape index (κ2) is 12.5. The Kier molecular flexibility index (Phi) is 7.52. The molecule has 0 atom stereocenters. The average Bonchev–Trinajstić information content (AvgIpc) is 3.41. The highest BCUT2D eigenvalue weighted by Gasteiger charge is 2.46. The van der Waals surface area contributed by atoms with Gasteiger partial charge >= 0.3 is 0 Å². The normalized spacial score (nSPS) is 14.7. The molecule has 7 aromatic carbocycles. The van der Waals surface area contributed by atoms with E-state index in [1.54, 1.807) is 0 Å². The molecule has 7 aromatic rings. The van der Waals surface area contributed by atoms with Gasteiger partial charge in [-0.15, -0.1) is 0 Å². The third kappa shape index (κ3) is 5.04. The van der Waals surface area contributed by atoms with Gasteiger partial charge in [0.05, 0.1) is 0 Å². The average molecular weight is 701 g/mol. The van der Waals surface area contributed by atoms with E-state index in [1.165, 1.54) is 93.5 Å². The molecule has 53 heavy (non-hydrogen) atoms. The molecular weight excluding hydrogens is 659 g/mol. The SMILES string of the molecule is CCS(C)(C)c1ccc(-c2cc3c4c(c2)N(c2ccccc2)c2c(ccc5ccccc25)B4C2=CCC=c4ccccc4=C2N3c2ccccc2)cc1. The van der Waals surface area contributed by atoms with E-state index in [0.29, 0.717) is 0 Å². The Balaban J connectivity index is 1.37. The molecule has 3 aliphatic rings. The van der Waals surface area contributed by atoms with Crippen LogP contribution in [0.4, 0.5) is 28.4 Å². The first-order valence-electron chi connectivity index (χ1n) is 18.7. The van der Waals surface area contributed by atoms with Crippen molar-refractivity contribution in [3.8, 4) is 11.1 Å². The van der Waals surface area contributed by atoms with Crippen molar-refractivity contribution >= 4 is 78.6 Å². The van der Waals surface area contributed by atoms with Gasteiger partial charge in [-0.2, -0.15) is 0 Å². The second-order valence-corrected chi connectivity index (χ2v) is 18.9. The van der Waals surface area contributed by atoms with Gasteiger partial charge in [0.2, 0.25) is 0 Å². The van der Waals surface area contributed by atoms with Crippen LogP contribution in [0.3, 0.4) is 0 Å². The van der Waals surface area contributed by atoms with E-state index in [-0.39, 0.29) is 6.71 Å². The zero-order valence-electron chi connectivity index (χ0n) is 30.5. The number of para-hydroxylation sites is 2. The van der Waals surface area contributed by atoms with Crippen molar-refractivity contribution in [1.82, 2.24) is 0 Å². The van der Waals surface area contributed by atoms with Crippen LogP contribution >= 0.6 is 10.0 Å². The lowest BCUT2D eigenvalue weighted by Gasteiger charge is -2.46. The Morgan fingerprint density at radius 2 is 1.25 bits per heavy atom. The first-order valence-corrected chi connectivity index (χ1v) is 21.3. The van der Waals surface area contributed by atoms with Crippen molar-refractivity contribution in [2.24, 2.45) is 0 Å². The summed E-state index contributed by atoms with van der Waals surface area (Å²) in [5.74, 6) is 1.18. The second-order valence-electron chi connectivity index (χ2n) is 14.8. The van der Waals surface area contributed by atoms with Gasteiger partial charge in [0, 0.05) is 44.7 Å². The maximum Gasteiger partial charge on any atom is 0.251 e. The van der Waals surface area contributed by atoms with Crippen molar-refractivity contribution in [3.05, 3.63) is 180 Å². The van der Waals surface area contributed by atoms with Crippen molar-refractivity contribution in [2.75, 3.05) is 28.1 Å². The lowest BCUT2D eigenvalue weighted by molar-refractivity contribution is 1.24. The fourth-order valence-corrected chi connectivity index (χ4v) is 9.97. The first kappa shape index (κ1) is 32.0. The predicted octanol–water partition coefficient (Wildman–Crippen LogP) is 9.95. The summed E-state index contributed by atoms with van der Waals surface area (Å²) in [6, 6.07) is 59.0. The van der Waals surface area contributed by atoms with Crippen LogP contribution in [0.1, 0.15) is 13.3 Å². The molecule has 0 bridgehead atoms. The van der Waals surface area contributed by atoms with E-state index in [0.717, 1.165) is 6.42 Å². The van der Waals surface area contributed by atoms with E-state index in [9.17, 15) is 0 Å². The molecule has 2 aliphatic heterocycles. The summed E-state index contributed by atoms with van der Waals surface area (Å²) in [7, 11) is -0.841. The standard InChI is InChI=1S/C49H41BN2S/c1-4-53(2,3)40-29-26-34(27-30-40)37-32-45-47-46(33-37)52(39-21-9-6-10-22-39)49-42-24-14-12-17-36(42)28-31-44(49)50(47)43-25-15-18-35-16-11-13-23-41(35)48(43)51(45)38-19-7-5-8-20-38/h5-14,16-33H,4,15H2,1-3H3. The predicted molar refractivity (Wildman–Crippen MR) is 232 cm³/mol. The molecule has 0 N–H and O–H groups in total. The number of nitrogens with zero attached hydrogens (tertiary/aromatic N) is 2. The van der Waals surface area contributed by atoms with E-state index >= 15 is 0 Å². The number of allylic oxidation sites excluding steroid dienone is 1. The van der Waals surface area contributed by atoms with E-state index in [1.807, 2.05) is 0 Å². The Morgan fingerprint density at radius 1 is 0.604 bits per heavy atom. The van der Waals surface area contributed by atoms with Gasteiger partial charge in [-0.05, 0) is 116 Å². The van der Waals surface area contributed by atoms with E-state index in [4.69, 9.17) is 0 Å². The molecule has 10 rings (SSSR count). The maximum atomic E-state index is 2.57. The monoisotopic (exact) mass is 700 g/mol. The molecule has 1 aliphatic carbocycles. The summed E-state index contributed by atoms with van der Waals surface area (Å²) >= 11 is 0. The minimum Gasteiger partial charge on any atom is -0.311 e. The highest BCUT2D eigenvalue weighted by atomic mass is 32.3. The fourth-order valence-electron chi connectivity index (χ4n) is 8.76. The molecule has 4 heteroatoms. The number of fused-ring (bicyclic) bond motifs is 7. The van der Waals surface area contributed by atoms with Crippen LogP contribution in [-0.4, -0.2) is 25.0 Å². The minimum absolute atomic E-state index is 0.0551. The zero-order chi connectivity index (χ0) is 35.7. The molecule has 256 valence electrons. The van der Waals surface area contributed by atoms with Crippen molar-refractivity contribution in [2.45, 2.75) is 18.2 Å². The fraction of sp³-hybridized carbons (Fsp3) is 0.102. The summed E-state index contributed by atoms with van der Waals surface area (Å²) in [5, 5.41) is 5.09. The molecule has 2 heterocycles. The lowest BCUT2D eigenvalue weighted by Crippen LogP contribution is -2.57. The lowest BCUT2D eigenvalue weighted by atomic mass is 9.32. The largest absolute Gasteiger partial charge is 0.311 e. The molecular formula is C49H41BN2S.